The van der Waals surface area contributed by atoms with E-state index in [-0.39, 0.29) is 11.4 Å². The standard InChI is InChI=1S/C7H7N5O5/c8-7(9)10(17-12(15)16)5-1-3-6(4-2-5)11(13)14/h1-4H,(H3,8,9). The zero-order valence-corrected chi connectivity index (χ0v) is 8.27. The van der Waals surface area contributed by atoms with E-state index in [1.807, 2.05) is 0 Å². The van der Waals surface area contributed by atoms with Gasteiger partial charge in [-0.1, -0.05) is 0 Å². The molecule has 10 heteroatoms. The third-order valence-corrected chi connectivity index (χ3v) is 1.66. The minimum Gasteiger partial charge on any atom is -0.368 e. The molecule has 1 aromatic rings. The Labute approximate surface area is 93.9 Å². The molecule has 0 bridgehead atoms. The topological polar surface area (TPSA) is 149 Å². The molecule has 1 aromatic carbocycles. The Morgan fingerprint density at radius 3 is 2.18 bits per heavy atom. The number of nitrogens with two attached hydrogens (primary N) is 1. The largest absolute Gasteiger partial charge is 0.368 e. The van der Waals surface area contributed by atoms with Crippen LogP contribution in [0.25, 0.3) is 0 Å². The number of nitrogens with one attached hydrogen (secondary N) is 1. The van der Waals surface area contributed by atoms with Crippen molar-refractivity contribution in [3.05, 3.63) is 44.5 Å². The molecule has 0 saturated heterocycles. The van der Waals surface area contributed by atoms with Gasteiger partial charge in [-0.3, -0.25) is 15.5 Å². The molecule has 0 spiro atoms. The molecule has 0 amide bonds. The molecule has 0 aromatic heterocycles. The van der Waals surface area contributed by atoms with Crippen molar-refractivity contribution in [3.8, 4) is 0 Å². The number of non-ortho nitro benzene ring substituents is 1. The van der Waals surface area contributed by atoms with Crippen molar-refractivity contribution in [2.24, 2.45) is 5.73 Å². The first-order valence-electron chi connectivity index (χ1n) is 4.13. The molecule has 90 valence electrons. The number of guanidine groups is 1. The van der Waals surface area contributed by atoms with Crippen molar-refractivity contribution in [3.63, 3.8) is 0 Å². The Morgan fingerprint density at radius 2 is 1.82 bits per heavy atom. The van der Waals surface area contributed by atoms with E-state index >= 15 is 0 Å². The lowest BCUT2D eigenvalue weighted by Crippen LogP contribution is -2.38. The predicted octanol–water partition coefficient (Wildman–Crippen LogP) is 0.418. The maximum atomic E-state index is 10.4. The van der Waals surface area contributed by atoms with Crippen LogP contribution in [0.2, 0.25) is 0 Å². The molecule has 0 aliphatic rings. The number of hydroxylamine groups is 1. The Hall–Kier alpha value is -2.91. The molecule has 0 atom stereocenters. The van der Waals surface area contributed by atoms with Gasteiger partial charge < -0.3 is 5.73 Å². The van der Waals surface area contributed by atoms with Gasteiger partial charge in [-0.25, -0.2) is 0 Å². The number of rotatable bonds is 4. The number of anilines is 1. The summed E-state index contributed by atoms with van der Waals surface area (Å²) in [6.07, 6.45) is 0. The van der Waals surface area contributed by atoms with Crippen molar-refractivity contribution < 1.29 is 14.9 Å². The predicted molar refractivity (Wildman–Crippen MR) is 55.6 cm³/mol. The van der Waals surface area contributed by atoms with E-state index in [9.17, 15) is 20.2 Å². The second-order valence-corrected chi connectivity index (χ2v) is 2.76. The minimum absolute atomic E-state index is 0.0276. The second-order valence-electron chi connectivity index (χ2n) is 2.76. The van der Waals surface area contributed by atoms with Gasteiger partial charge in [-0.15, -0.1) is 15.2 Å². The van der Waals surface area contributed by atoms with Gasteiger partial charge in [0.05, 0.1) is 10.6 Å². The third kappa shape index (κ3) is 3.02. The molecule has 0 aliphatic carbocycles. The van der Waals surface area contributed by atoms with Crippen molar-refractivity contribution in [1.82, 2.24) is 0 Å². The SMILES string of the molecule is N=C(N)N(O[N+](=O)[O-])c1ccc([N+](=O)[O-])cc1. The molecule has 0 fully saturated rings. The molecular weight excluding hydrogens is 234 g/mol. The van der Waals surface area contributed by atoms with Gasteiger partial charge in [0.1, 0.15) is 0 Å². The number of hydrogen-bond donors (Lipinski definition) is 2. The number of benzene rings is 1. The minimum atomic E-state index is -1.15. The first kappa shape index (κ1) is 12.2. The van der Waals surface area contributed by atoms with E-state index in [0.717, 1.165) is 12.1 Å². The van der Waals surface area contributed by atoms with Crippen LogP contribution < -0.4 is 10.8 Å². The summed E-state index contributed by atoms with van der Waals surface area (Å²) in [6, 6.07) is 4.55. The van der Waals surface area contributed by atoms with Crippen LogP contribution >= 0.6 is 0 Å². The van der Waals surface area contributed by atoms with E-state index in [1.165, 1.54) is 12.1 Å². The maximum Gasteiger partial charge on any atom is 0.317 e. The van der Waals surface area contributed by atoms with Gasteiger partial charge in [-0.2, -0.15) is 4.94 Å². The smallest absolute Gasteiger partial charge is 0.317 e. The first-order valence-corrected chi connectivity index (χ1v) is 4.13. The zero-order valence-electron chi connectivity index (χ0n) is 8.27. The Kier molecular flexibility index (Phi) is 3.39. The highest BCUT2D eigenvalue weighted by Crippen LogP contribution is 2.19. The van der Waals surface area contributed by atoms with Crippen LogP contribution in [-0.2, 0) is 4.94 Å². The van der Waals surface area contributed by atoms with E-state index in [4.69, 9.17) is 11.1 Å². The van der Waals surface area contributed by atoms with Crippen LogP contribution in [0.15, 0.2) is 24.3 Å². The fraction of sp³-hybridized carbons (Fsp3) is 0. The van der Waals surface area contributed by atoms with Gasteiger partial charge >= 0.3 is 5.09 Å². The van der Waals surface area contributed by atoms with Crippen LogP contribution in [0, 0.1) is 25.6 Å². The van der Waals surface area contributed by atoms with Gasteiger partial charge in [0.15, 0.2) is 0 Å². The molecule has 0 heterocycles. The molecule has 0 saturated carbocycles. The number of hydrogen-bond acceptors (Lipinski definition) is 6. The molecule has 0 unspecified atom stereocenters. The average Bonchev–Trinajstić information content (AvgIpc) is 2.25. The highest BCUT2D eigenvalue weighted by molar-refractivity contribution is 5.90. The normalized spacial score (nSPS) is 9.41. The summed E-state index contributed by atoms with van der Waals surface area (Å²) in [7, 11) is 0. The van der Waals surface area contributed by atoms with E-state index in [1.54, 1.807) is 0 Å². The van der Waals surface area contributed by atoms with Crippen molar-refractivity contribution in [1.29, 1.82) is 5.41 Å². The third-order valence-electron chi connectivity index (χ3n) is 1.66. The number of nitro benzene ring substituents is 1. The summed E-state index contributed by atoms with van der Waals surface area (Å²) < 4.78 is 0. The van der Waals surface area contributed by atoms with Gasteiger partial charge in [0.25, 0.3) is 5.69 Å². The lowest BCUT2D eigenvalue weighted by Gasteiger charge is -2.17. The van der Waals surface area contributed by atoms with Crippen LogP contribution in [0.3, 0.4) is 0 Å². The average molecular weight is 241 g/mol. The lowest BCUT2D eigenvalue weighted by atomic mass is 10.3. The molecular formula is C7H7N5O5. The Balaban J connectivity index is 2.99. The monoisotopic (exact) mass is 241 g/mol. The fourth-order valence-corrected chi connectivity index (χ4v) is 1.01. The van der Waals surface area contributed by atoms with Gasteiger partial charge in [-0.05, 0) is 12.1 Å². The van der Waals surface area contributed by atoms with Gasteiger partial charge in [0, 0.05) is 12.1 Å². The zero-order chi connectivity index (χ0) is 13.0. The lowest BCUT2D eigenvalue weighted by molar-refractivity contribution is -0.758. The van der Waals surface area contributed by atoms with Crippen LogP contribution in [0.4, 0.5) is 11.4 Å². The van der Waals surface area contributed by atoms with Crippen LogP contribution in [0.5, 0.6) is 0 Å². The Morgan fingerprint density at radius 1 is 1.29 bits per heavy atom. The van der Waals surface area contributed by atoms with Crippen LogP contribution in [-0.4, -0.2) is 16.0 Å². The van der Waals surface area contributed by atoms with E-state index in [0.29, 0.717) is 5.06 Å². The summed E-state index contributed by atoms with van der Waals surface area (Å²) in [5.74, 6) is -0.726. The molecule has 0 aliphatic heterocycles. The Bertz CT molecular complexity index is 458. The van der Waals surface area contributed by atoms with Crippen LogP contribution in [0.1, 0.15) is 0 Å². The van der Waals surface area contributed by atoms with E-state index < -0.39 is 16.0 Å². The summed E-state index contributed by atoms with van der Waals surface area (Å²) in [5, 5.41) is 26.9. The van der Waals surface area contributed by atoms with Crippen molar-refractivity contribution in [2.75, 3.05) is 5.06 Å². The second kappa shape index (κ2) is 4.74. The van der Waals surface area contributed by atoms with E-state index in [2.05, 4.69) is 4.94 Å². The quantitative estimate of drug-likeness (QED) is 0.335. The summed E-state index contributed by atoms with van der Waals surface area (Å²) >= 11 is 0. The highest BCUT2D eigenvalue weighted by atomic mass is 17.0. The molecule has 17 heavy (non-hydrogen) atoms. The summed E-state index contributed by atoms with van der Waals surface area (Å²) in [5.41, 5.74) is 4.89. The number of nitro groups is 1. The maximum absolute atomic E-state index is 10.4. The highest BCUT2D eigenvalue weighted by Gasteiger charge is 2.15. The fourth-order valence-electron chi connectivity index (χ4n) is 1.01. The summed E-state index contributed by atoms with van der Waals surface area (Å²) in [6.45, 7) is 0. The molecule has 10 nitrogen and oxygen atoms in total. The number of nitrogens with zero attached hydrogens (tertiary/aromatic N) is 3. The first-order chi connectivity index (χ1) is 7.91. The summed E-state index contributed by atoms with van der Waals surface area (Å²) in [4.78, 5) is 23.9. The molecule has 3 N–H and O–H groups in total. The van der Waals surface area contributed by atoms with Gasteiger partial charge in [0.2, 0.25) is 5.96 Å². The molecule has 0 radical (unpaired) electrons. The molecule has 1 rings (SSSR count). The van der Waals surface area contributed by atoms with Crippen molar-refractivity contribution >= 4 is 17.3 Å². The van der Waals surface area contributed by atoms with Crippen molar-refractivity contribution in [2.45, 2.75) is 0 Å².